The monoisotopic (exact) mass is 388 g/mol. The number of hydrogen-bond donors (Lipinski definition) is 1. The fraction of sp³-hybridized carbons (Fsp3) is 0.333. The summed E-state index contributed by atoms with van der Waals surface area (Å²) in [7, 11) is 4.66. The third-order valence-electron chi connectivity index (χ3n) is 4.38. The van der Waals surface area contributed by atoms with Gasteiger partial charge in [-0.3, -0.25) is 13.9 Å². The summed E-state index contributed by atoms with van der Waals surface area (Å²) in [5.41, 5.74) is -0.333. The lowest BCUT2D eigenvalue weighted by Gasteiger charge is -2.10. The van der Waals surface area contributed by atoms with Gasteiger partial charge in [-0.25, -0.2) is 14.6 Å². The van der Waals surface area contributed by atoms with Gasteiger partial charge in [0.05, 0.1) is 20.0 Å². The Bertz CT molecular complexity index is 1160. The highest BCUT2D eigenvalue weighted by atomic mass is 16.5. The molecular formula is C18H20N4O6. The van der Waals surface area contributed by atoms with E-state index in [0.717, 1.165) is 4.57 Å². The second kappa shape index (κ2) is 7.59. The fourth-order valence-corrected chi connectivity index (χ4v) is 2.86. The number of esters is 1. The third kappa shape index (κ3) is 3.36. The quantitative estimate of drug-likeness (QED) is 0.480. The molecule has 148 valence electrons. The molecule has 0 bridgehead atoms. The number of aromatic hydroxyl groups is 1. The molecule has 2 aromatic heterocycles. The molecule has 3 rings (SSSR count). The maximum atomic E-state index is 12.6. The minimum atomic E-state index is -0.723. The van der Waals surface area contributed by atoms with Crippen LogP contribution in [-0.2, 0) is 25.4 Å². The number of phenols is 1. The maximum Gasteiger partial charge on any atom is 0.342 e. The summed E-state index contributed by atoms with van der Waals surface area (Å²) in [5.74, 6) is -0.541. The smallest absolute Gasteiger partial charge is 0.342 e. The Balaban J connectivity index is 1.71. The Labute approximate surface area is 159 Å². The largest absolute Gasteiger partial charge is 0.507 e. The van der Waals surface area contributed by atoms with Crippen molar-refractivity contribution in [2.24, 2.45) is 14.1 Å². The summed E-state index contributed by atoms with van der Waals surface area (Å²) in [6, 6.07) is 4.22. The van der Waals surface area contributed by atoms with Crippen molar-refractivity contribution in [3.05, 3.63) is 50.9 Å². The average molecular weight is 388 g/mol. The summed E-state index contributed by atoms with van der Waals surface area (Å²) in [6.45, 7) is 0.0402. The number of aromatic nitrogens is 4. The van der Waals surface area contributed by atoms with Crippen LogP contribution < -0.4 is 16.0 Å². The van der Waals surface area contributed by atoms with E-state index in [1.54, 1.807) is 18.7 Å². The zero-order valence-corrected chi connectivity index (χ0v) is 15.7. The van der Waals surface area contributed by atoms with Gasteiger partial charge in [0.1, 0.15) is 17.1 Å². The minimum Gasteiger partial charge on any atom is -0.507 e. The molecular weight excluding hydrogens is 368 g/mol. The highest BCUT2D eigenvalue weighted by molar-refractivity contribution is 5.92. The molecule has 0 amide bonds. The molecule has 1 aromatic carbocycles. The number of carbonyl (C=O) groups is 1. The van der Waals surface area contributed by atoms with Crippen LogP contribution >= 0.6 is 0 Å². The fourth-order valence-electron chi connectivity index (χ4n) is 2.86. The van der Waals surface area contributed by atoms with E-state index < -0.39 is 17.2 Å². The van der Waals surface area contributed by atoms with Gasteiger partial charge in [0.2, 0.25) is 0 Å². The van der Waals surface area contributed by atoms with Gasteiger partial charge in [-0.15, -0.1) is 0 Å². The maximum absolute atomic E-state index is 12.6. The van der Waals surface area contributed by atoms with Gasteiger partial charge in [-0.05, 0) is 24.6 Å². The first-order valence-electron chi connectivity index (χ1n) is 8.50. The standard InChI is InChI=1S/C18H20N4O6/c1-20-10-19-15-14(20)16(24)22(18(26)21(15)2)7-4-8-28-17(25)12-9-11(27-3)5-6-13(12)23/h5-6,9-10,23H,4,7-8H2,1-3H3. The zero-order valence-electron chi connectivity index (χ0n) is 15.7. The number of fused-ring (bicyclic) bond motifs is 1. The van der Waals surface area contributed by atoms with E-state index in [4.69, 9.17) is 9.47 Å². The van der Waals surface area contributed by atoms with Crippen LogP contribution in [0.15, 0.2) is 34.1 Å². The van der Waals surface area contributed by atoms with Crippen LogP contribution in [0, 0.1) is 0 Å². The van der Waals surface area contributed by atoms with Crippen LogP contribution in [0.4, 0.5) is 0 Å². The Morgan fingerprint density at radius 3 is 2.71 bits per heavy atom. The molecule has 0 saturated heterocycles. The number of ether oxygens (including phenoxy) is 2. The van der Waals surface area contributed by atoms with E-state index >= 15 is 0 Å². The number of benzene rings is 1. The van der Waals surface area contributed by atoms with Gasteiger partial charge in [0.15, 0.2) is 11.2 Å². The van der Waals surface area contributed by atoms with Crippen molar-refractivity contribution in [1.82, 2.24) is 18.7 Å². The lowest BCUT2D eigenvalue weighted by atomic mass is 10.2. The first kappa shape index (κ1) is 19.2. The average Bonchev–Trinajstić information content (AvgIpc) is 3.07. The first-order chi connectivity index (χ1) is 13.3. The summed E-state index contributed by atoms with van der Waals surface area (Å²) in [4.78, 5) is 41.2. The van der Waals surface area contributed by atoms with Gasteiger partial charge in [-0.2, -0.15) is 0 Å². The topological polar surface area (TPSA) is 118 Å². The van der Waals surface area contributed by atoms with Crippen molar-refractivity contribution in [2.75, 3.05) is 13.7 Å². The van der Waals surface area contributed by atoms with Gasteiger partial charge in [0, 0.05) is 20.6 Å². The van der Waals surface area contributed by atoms with Crippen LogP contribution in [0.25, 0.3) is 11.2 Å². The second-order valence-corrected chi connectivity index (χ2v) is 6.20. The van der Waals surface area contributed by atoms with E-state index in [1.807, 2.05) is 0 Å². The summed E-state index contributed by atoms with van der Waals surface area (Å²) < 4.78 is 14.1. The molecule has 28 heavy (non-hydrogen) atoms. The van der Waals surface area contributed by atoms with Gasteiger partial charge < -0.3 is 19.1 Å². The van der Waals surface area contributed by atoms with Crippen LogP contribution in [0.3, 0.4) is 0 Å². The predicted molar refractivity (Wildman–Crippen MR) is 99.8 cm³/mol. The molecule has 1 N–H and O–H groups in total. The van der Waals surface area contributed by atoms with Crippen molar-refractivity contribution in [3.8, 4) is 11.5 Å². The number of hydrogen-bond acceptors (Lipinski definition) is 7. The highest BCUT2D eigenvalue weighted by Crippen LogP contribution is 2.23. The summed E-state index contributed by atoms with van der Waals surface area (Å²) in [5, 5.41) is 9.79. The van der Waals surface area contributed by atoms with E-state index in [0.29, 0.717) is 16.9 Å². The molecule has 2 heterocycles. The molecule has 10 nitrogen and oxygen atoms in total. The summed E-state index contributed by atoms with van der Waals surface area (Å²) in [6.07, 6.45) is 1.72. The molecule has 0 unspecified atom stereocenters. The van der Waals surface area contributed by atoms with Crippen molar-refractivity contribution in [2.45, 2.75) is 13.0 Å². The molecule has 0 aliphatic heterocycles. The molecule has 0 radical (unpaired) electrons. The van der Waals surface area contributed by atoms with Crippen molar-refractivity contribution >= 4 is 17.1 Å². The number of carbonyl (C=O) groups excluding carboxylic acids is 1. The number of phenolic OH excluding ortho intramolecular Hbond substituents is 1. The van der Waals surface area contributed by atoms with Crippen molar-refractivity contribution in [1.29, 1.82) is 0 Å². The van der Waals surface area contributed by atoms with Crippen molar-refractivity contribution < 1.29 is 19.4 Å². The van der Waals surface area contributed by atoms with E-state index in [1.165, 1.54) is 36.2 Å². The van der Waals surface area contributed by atoms with Gasteiger partial charge in [-0.1, -0.05) is 0 Å². The molecule has 0 saturated carbocycles. The predicted octanol–water partition coefficient (Wildman–Crippen LogP) is 0.395. The SMILES string of the molecule is COc1ccc(O)c(C(=O)OCCCn2c(=O)c3c(ncn3C)n(C)c2=O)c1. The van der Waals surface area contributed by atoms with E-state index in [9.17, 15) is 19.5 Å². The molecule has 0 fully saturated rings. The lowest BCUT2D eigenvalue weighted by molar-refractivity contribution is 0.0491. The van der Waals surface area contributed by atoms with Crippen LogP contribution in [0.2, 0.25) is 0 Å². The normalized spacial score (nSPS) is 11.0. The van der Waals surface area contributed by atoms with E-state index in [-0.39, 0.29) is 30.9 Å². The molecule has 0 aliphatic carbocycles. The molecule has 0 atom stereocenters. The zero-order chi connectivity index (χ0) is 20.4. The first-order valence-corrected chi connectivity index (χ1v) is 8.50. The molecule has 0 aliphatic rings. The number of rotatable bonds is 6. The van der Waals surface area contributed by atoms with Crippen LogP contribution in [0.1, 0.15) is 16.8 Å². The highest BCUT2D eigenvalue weighted by Gasteiger charge is 2.16. The Hall–Kier alpha value is -3.56. The van der Waals surface area contributed by atoms with Crippen LogP contribution in [-0.4, -0.2) is 43.5 Å². The van der Waals surface area contributed by atoms with Crippen molar-refractivity contribution in [3.63, 3.8) is 0 Å². The van der Waals surface area contributed by atoms with Gasteiger partial charge >= 0.3 is 11.7 Å². The Kier molecular flexibility index (Phi) is 5.21. The minimum absolute atomic E-state index is 0.0243. The number of imidazole rings is 1. The Morgan fingerprint density at radius 1 is 1.25 bits per heavy atom. The Morgan fingerprint density at radius 2 is 2.00 bits per heavy atom. The molecule has 10 heteroatoms. The lowest BCUT2D eigenvalue weighted by Crippen LogP contribution is -2.39. The third-order valence-corrected chi connectivity index (χ3v) is 4.38. The molecule has 3 aromatic rings. The number of nitrogens with zero attached hydrogens (tertiary/aromatic N) is 4. The van der Waals surface area contributed by atoms with E-state index in [2.05, 4.69) is 4.98 Å². The van der Waals surface area contributed by atoms with Gasteiger partial charge in [0.25, 0.3) is 5.56 Å². The number of aryl methyl sites for hydroxylation is 2. The number of methoxy groups -OCH3 is 1. The molecule has 0 spiro atoms. The second-order valence-electron chi connectivity index (χ2n) is 6.20. The van der Waals surface area contributed by atoms with Crippen LogP contribution in [0.5, 0.6) is 11.5 Å². The summed E-state index contributed by atoms with van der Waals surface area (Å²) >= 11 is 0.